The number of nitrogens with one attached hydrogen (secondary N) is 1. The molecule has 0 saturated heterocycles. The van der Waals surface area contributed by atoms with Crippen molar-refractivity contribution in [1.29, 1.82) is 0 Å². The summed E-state index contributed by atoms with van der Waals surface area (Å²) in [5, 5.41) is 3.63. The number of nitrogens with zero attached hydrogens (tertiary/aromatic N) is 1. The third-order valence-corrected chi connectivity index (χ3v) is 7.61. The van der Waals surface area contributed by atoms with E-state index in [0.29, 0.717) is 10.6 Å². The van der Waals surface area contributed by atoms with E-state index in [0.717, 1.165) is 45.9 Å². The molecular weight excluding hydrogens is 443 g/mol. The standard InChI is InChI=1S/C26H29ClN2O2.ClH/c1-29(2,24-12-18-3-6-19(24)11-18)15-17-4-8-23(9-5-17)28-26(30)21-13-20-14-22(27)7-10-25(20)31-16-21;/h4-5,7-10,13-14,18-19,24H,3,6,11-12,15-16H2,1-2H3;1H/t18?,19?,24-;/m0./s1. The van der Waals surface area contributed by atoms with Crippen LogP contribution in [0.1, 0.15) is 36.8 Å². The number of hydrogen-bond acceptors (Lipinski definition) is 2. The van der Waals surface area contributed by atoms with Crippen molar-refractivity contribution in [2.75, 3.05) is 26.0 Å². The summed E-state index contributed by atoms with van der Waals surface area (Å²) in [5.41, 5.74) is 3.54. The van der Waals surface area contributed by atoms with Crippen LogP contribution in [-0.4, -0.2) is 37.1 Å². The number of carbonyl (C=O) groups is 1. The second-order valence-corrected chi connectivity index (χ2v) is 10.4. The van der Waals surface area contributed by atoms with E-state index in [1.54, 1.807) is 6.07 Å². The molecule has 1 aliphatic heterocycles. The topological polar surface area (TPSA) is 38.3 Å². The molecule has 0 spiro atoms. The van der Waals surface area contributed by atoms with Gasteiger partial charge in [0, 0.05) is 34.2 Å². The smallest absolute Gasteiger partial charge is 0.255 e. The molecule has 2 saturated carbocycles. The zero-order valence-electron chi connectivity index (χ0n) is 18.6. The van der Waals surface area contributed by atoms with E-state index in [2.05, 4.69) is 31.5 Å². The molecule has 0 radical (unpaired) electrons. The van der Waals surface area contributed by atoms with Crippen LogP contribution in [0, 0.1) is 11.8 Å². The summed E-state index contributed by atoms with van der Waals surface area (Å²) in [5.74, 6) is 2.48. The van der Waals surface area contributed by atoms with Crippen LogP contribution in [0.25, 0.3) is 6.08 Å². The molecule has 1 N–H and O–H groups in total. The first kappa shape index (κ1) is 23.2. The lowest BCUT2D eigenvalue weighted by atomic mass is 9.92. The van der Waals surface area contributed by atoms with Crippen LogP contribution in [0.15, 0.2) is 48.0 Å². The molecule has 2 aliphatic carbocycles. The maximum absolute atomic E-state index is 12.7. The van der Waals surface area contributed by atoms with Crippen molar-refractivity contribution in [2.24, 2.45) is 11.8 Å². The zero-order chi connectivity index (χ0) is 21.6. The number of quaternary nitrogens is 1. The highest BCUT2D eigenvalue weighted by molar-refractivity contribution is 6.30. The van der Waals surface area contributed by atoms with E-state index in [9.17, 15) is 4.79 Å². The van der Waals surface area contributed by atoms with E-state index in [4.69, 9.17) is 16.3 Å². The molecule has 3 atom stereocenters. The number of benzene rings is 2. The average Bonchev–Trinajstić information content (AvgIpc) is 3.38. The van der Waals surface area contributed by atoms with E-state index >= 15 is 0 Å². The lowest BCUT2D eigenvalue weighted by Gasteiger charge is -2.40. The van der Waals surface area contributed by atoms with Crippen LogP contribution in [0.2, 0.25) is 5.02 Å². The van der Waals surface area contributed by atoms with Crippen LogP contribution in [0.4, 0.5) is 5.69 Å². The monoisotopic (exact) mass is 472 g/mol. The van der Waals surface area contributed by atoms with Gasteiger partial charge < -0.3 is 26.9 Å². The van der Waals surface area contributed by atoms with Crippen molar-refractivity contribution in [3.05, 3.63) is 64.2 Å². The van der Waals surface area contributed by atoms with E-state index < -0.39 is 0 Å². The normalized spacial score (nSPS) is 23.6. The predicted molar refractivity (Wildman–Crippen MR) is 125 cm³/mol. The lowest BCUT2D eigenvalue weighted by molar-refractivity contribution is -0.931. The maximum Gasteiger partial charge on any atom is 0.255 e. The minimum Gasteiger partial charge on any atom is -1.00 e. The van der Waals surface area contributed by atoms with Gasteiger partial charge in [0.2, 0.25) is 0 Å². The summed E-state index contributed by atoms with van der Waals surface area (Å²) in [4.78, 5) is 12.7. The summed E-state index contributed by atoms with van der Waals surface area (Å²) in [6, 6.07) is 14.5. The van der Waals surface area contributed by atoms with Gasteiger partial charge in [-0.15, -0.1) is 0 Å². The molecule has 32 heavy (non-hydrogen) atoms. The molecular formula is C26H30Cl2N2O2. The number of anilines is 1. The summed E-state index contributed by atoms with van der Waals surface area (Å²) >= 11 is 6.07. The fourth-order valence-corrected chi connectivity index (χ4v) is 6.02. The second-order valence-electron chi connectivity index (χ2n) is 9.97. The summed E-state index contributed by atoms with van der Waals surface area (Å²) in [7, 11) is 4.75. The maximum atomic E-state index is 12.7. The molecule has 2 aromatic carbocycles. The molecule has 1 heterocycles. The molecule has 170 valence electrons. The van der Waals surface area contributed by atoms with Gasteiger partial charge in [-0.05, 0) is 61.6 Å². The van der Waals surface area contributed by atoms with Crippen molar-refractivity contribution in [3.8, 4) is 5.75 Å². The highest BCUT2D eigenvalue weighted by Crippen LogP contribution is 2.48. The van der Waals surface area contributed by atoms with Gasteiger partial charge in [-0.3, -0.25) is 4.79 Å². The number of rotatable bonds is 5. The van der Waals surface area contributed by atoms with Crippen LogP contribution < -0.4 is 22.5 Å². The summed E-state index contributed by atoms with van der Waals surface area (Å²) in [6.07, 6.45) is 7.53. The molecule has 2 aromatic rings. The Hall–Kier alpha value is -2.01. The molecule has 2 unspecified atom stereocenters. The van der Waals surface area contributed by atoms with Crippen LogP contribution in [0.3, 0.4) is 0 Å². The molecule has 2 bridgehead atoms. The minimum atomic E-state index is -0.142. The van der Waals surface area contributed by atoms with Gasteiger partial charge in [0.15, 0.2) is 0 Å². The minimum absolute atomic E-state index is 0. The van der Waals surface area contributed by atoms with Crippen LogP contribution >= 0.6 is 11.6 Å². The first-order valence-corrected chi connectivity index (χ1v) is 11.6. The number of ether oxygens (including phenoxy) is 1. The Balaban J connectivity index is 0.00000245. The zero-order valence-corrected chi connectivity index (χ0v) is 20.1. The number of halogens is 2. The first-order valence-electron chi connectivity index (χ1n) is 11.2. The van der Waals surface area contributed by atoms with Crippen molar-refractivity contribution < 1.29 is 26.4 Å². The molecule has 3 aliphatic rings. The van der Waals surface area contributed by atoms with Crippen LogP contribution in [-0.2, 0) is 11.3 Å². The Kier molecular flexibility index (Phi) is 6.58. The van der Waals surface area contributed by atoms with Gasteiger partial charge in [0.1, 0.15) is 18.9 Å². The summed E-state index contributed by atoms with van der Waals surface area (Å²) in [6.45, 7) is 1.28. The molecule has 5 rings (SSSR count). The Morgan fingerprint density at radius 1 is 1.12 bits per heavy atom. The van der Waals surface area contributed by atoms with Gasteiger partial charge in [0.25, 0.3) is 5.91 Å². The predicted octanol–water partition coefficient (Wildman–Crippen LogP) is 2.52. The van der Waals surface area contributed by atoms with Gasteiger partial charge in [0.05, 0.1) is 25.7 Å². The number of fused-ring (bicyclic) bond motifs is 3. The van der Waals surface area contributed by atoms with E-state index in [-0.39, 0.29) is 24.9 Å². The van der Waals surface area contributed by atoms with Crippen LogP contribution in [0.5, 0.6) is 5.75 Å². The highest BCUT2D eigenvalue weighted by atomic mass is 35.5. The van der Waals surface area contributed by atoms with Gasteiger partial charge in [-0.2, -0.15) is 0 Å². The molecule has 1 amide bonds. The fraction of sp³-hybridized carbons (Fsp3) is 0.423. The average molecular weight is 473 g/mol. The first-order chi connectivity index (χ1) is 14.9. The third kappa shape index (κ3) is 4.68. The van der Waals surface area contributed by atoms with Gasteiger partial charge >= 0.3 is 0 Å². The number of amides is 1. The fourth-order valence-electron chi connectivity index (χ4n) is 5.84. The number of carbonyl (C=O) groups excluding carboxylic acids is 1. The molecule has 6 heteroatoms. The largest absolute Gasteiger partial charge is 1.00 e. The van der Waals surface area contributed by atoms with Crippen molar-refractivity contribution in [2.45, 2.75) is 38.3 Å². The SMILES string of the molecule is C[N+](C)(Cc1ccc(NC(=O)C2=Cc3cc(Cl)ccc3OC2)cc1)[C@H]1CC2CCC1C2.[Cl-]. The van der Waals surface area contributed by atoms with Crippen molar-refractivity contribution >= 4 is 29.3 Å². The third-order valence-electron chi connectivity index (χ3n) is 7.38. The Morgan fingerprint density at radius 3 is 2.59 bits per heavy atom. The Morgan fingerprint density at radius 2 is 1.91 bits per heavy atom. The molecule has 0 aromatic heterocycles. The van der Waals surface area contributed by atoms with Crippen molar-refractivity contribution in [3.63, 3.8) is 0 Å². The second kappa shape index (κ2) is 9.09. The van der Waals surface area contributed by atoms with Gasteiger partial charge in [-0.25, -0.2) is 0 Å². The summed E-state index contributed by atoms with van der Waals surface area (Å²) < 4.78 is 6.76. The molecule has 2 fully saturated rings. The van der Waals surface area contributed by atoms with Gasteiger partial charge in [-0.1, -0.05) is 23.7 Å². The van der Waals surface area contributed by atoms with E-state index in [1.165, 1.54) is 31.2 Å². The quantitative estimate of drug-likeness (QED) is 0.678. The lowest BCUT2D eigenvalue weighted by Crippen LogP contribution is -3.00. The number of hydrogen-bond donors (Lipinski definition) is 1. The molecule has 4 nitrogen and oxygen atoms in total. The highest BCUT2D eigenvalue weighted by Gasteiger charge is 2.47. The van der Waals surface area contributed by atoms with E-state index in [1.807, 2.05) is 30.3 Å². The Bertz CT molecular complexity index is 1030. The Labute approximate surface area is 201 Å². The van der Waals surface area contributed by atoms with Crippen molar-refractivity contribution in [1.82, 2.24) is 0 Å².